The van der Waals surface area contributed by atoms with Gasteiger partial charge in [0.25, 0.3) is 0 Å². The zero-order valence-electron chi connectivity index (χ0n) is 12.2. The van der Waals surface area contributed by atoms with Gasteiger partial charge in [0, 0.05) is 22.8 Å². The molecule has 0 bridgehead atoms. The maximum atomic E-state index is 12.5. The zero-order chi connectivity index (χ0) is 15.7. The fourth-order valence-corrected chi connectivity index (χ4v) is 2.78. The Morgan fingerprint density at radius 2 is 2.00 bits per heavy atom. The molecule has 0 aromatic heterocycles. The molecule has 114 valence electrons. The van der Waals surface area contributed by atoms with Crippen LogP contribution in [-0.2, 0) is 0 Å². The molecule has 1 heterocycles. The van der Waals surface area contributed by atoms with Crippen molar-refractivity contribution in [3.05, 3.63) is 58.6 Å². The number of aliphatic hydroxyl groups excluding tert-OH is 1. The van der Waals surface area contributed by atoms with Gasteiger partial charge < -0.3 is 10.4 Å². The normalized spacial score (nSPS) is 17.0. The molecule has 0 fully saturated rings. The molecule has 1 unspecified atom stereocenters. The molecule has 1 aliphatic rings. The molecule has 0 saturated heterocycles. The molecule has 1 aliphatic heterocycles. The maximum Gasteiger partial charge on any atom is 0.326 e. The fraction of sp³-hybridized carbons (Fsp3) is 0.235. The zero-order valence-corrected chi connectivity index (χ0v) is 13.0. The van der Waals surface area contributed by atoms with Gasteiger partial charge >= 0.3 is 6.03 Å². The lowest BCUT2D eigenvalue weighted by Crippen LogP contribution is -2.39. The van der Waals surface area contributed by atoms with Crippen molar-refractivity contribution in [2.45, 2.75) is 19.4 Å². The number of amides is 2. The quantitative estimate of drug-likeness (QED) is 0.831. The molecule has 4 nitrogen and oxygen atoms in total. The van der Waals surface area contributed by atoms with Gasteiger partial charge in [0.1, 0.15) is 0 Å². The summed E-state index contributed by atoms with van der Waals surface area (Å²) in [5.74, 6) is 0. The molecule has 2 aromatic carbocycles. The number of anilines is 2. The van der Waals surface area contributed by atoms with Crippen molar-refractivity contribution >= 4 is 29.0 Å². The van der Waals surface area contributed by atoms with Crippen LogP contribution in [0.1, 0.15) is 23.7 Å². The van der Waals surface area contributed by atoms with Crippen molar-refractivity contribution in [1.82, 2.24) is 0 Å². The molecule has 1 atom stereocenters. The molecule has 5 heteroatoms. The van der Waals surface area contributed by atoms with Gasteiger partial charge in [-0.2, -0.15) is 0 Å². The van der Waals surface area contributed by atoms with Gasteiger partial charge in [-0.05, 0) is 43.7 Å². The topological polar surface area (TPSA) is 52.6 Å². The molecular formula is C17H17ClN2O2. The van der Waals surface area contributed by atoms with Crippen molar-refractivity contribution < 1.29 is 9.90 Å². The predicted octanol–water partition coefficient (Wildman–Crippen LogP) is 4.12. The number of carbonyl (C=O) groups excluding carboxylic acids is 1. The molecule has 2 amide bonds. The molecule has 0 saturated carbocycles. The van der Waals surface area contributed by atoms with Crippen molar-refractivity contribution in [3.63, 3.8) is 0 Å². The van der Waals surface area contributed by atoms with Crippen LogP contribution in [0, 0.1) is 6.92 Å². The van der Waals surface area contributed by atoms with E-state index in [1.807, 2.05) is 25.1 Å². The number of fused-ring (bicyclic) bond motifs is 1. The Balaban J connectivity index is 1.85. The monoisotopic (exact) mass is 316 g/mol. The second-order valence-electron chi connectivity index (χ2n) is 5.46. The Labute approximate surface area is 134 Å². The van der Waals surface area contributed by atoms with E-state index in [1.165, 1.54) is 0 Å². The van der Waals surface area contributed by atoms with E-state index in [0.717, 1.165) is 16.8 Å². The summed E-state index contributed by atoms with van der Waals surface area (Å²) in [4.78, 5) is 14.2. The lowest BCUT2D eigenvalue weighted by molar-refractivity contribution is 0.164. The van der Waals surface area contributed by atoms with Crippen LogP contribution in [0.4, 0.5) is 16.2 Å². The summed E-state index contributed by atoms with van der Waals surface area (Å²) in [5, 5.41) is 13.6. The molecule has 22 heavy (non-hydrogen) atoms. The third-order valence-electron chi connectivity index (χ3n) is 3.80. The summed E-state index contributed by atoms with van der Waals surface area (Å²) in [5.41, 5.74) is 3.32. The summed E-state index contributed by atoms with van der Waals surface area (Å²) in [6, 6.07) is 12.5. The van der Waals surface area contributed by atoms with Gasteiger partial charge in [-0.25, -0.2) is 4.79 Å². The van der Waals surface area contributed by atoms with E-state index in [4.69, 9.17) is 11.6 Å². The largest absolute Gasteiger partial charge is 0.388 e. The summed E-state index contributed by atoms with van der Waals surface area (Å²) in [7, 11) is 0. The molecule has 0 radical (unpaired) electrons. The average Bonchev–Trinajstić information content (AvgIpc) is 2.50. The van der Waals surface area contributed by atoms with Crippen LogP contribution >= 0.6 is 11.6 Å². The highest BCUT2D eigenvalue weighted by molar-refractivity contribution is 6.30. The van der Waals surface area contributed by atoms with Crippen LogP contribution in [0.3, 0.4) is 0 Å². The van der Waals surface area contributed by atoms with Gasteiger partial charge in [0.15, 0.2) is 0 Å². The average molecular weight is 317 g/mol. The van der Waals surface area contributed by atoms with E-state index in [0.29, 0.717) is 23.7 Å². The molecule has 0 aliphatic carbocycles. The van der Waals surface area contributed by atoms with Crippen LogP contribution in [0.25, 0.3) is 0 Å². The van der Waals surface area contributed by atoms with Crippen LogP contribution < -0.4 is 10.2 Å². The number of aryl methyl sites for hydroxylation is 1. The summed E-state index contributed by atoms with van der Waals surface area (Å²) >= 11 is 5.84. The fourth-order valence-electron chi connectivity index (χ4n) is 2.65. The molecular weight excluding hydrogens is 300 g/mol. The Hall–Kier alpha value is -2.04. The lowest BCUT2D eigenvalue weighted by Gasteiger charge is -2.32. The highest BCUT2D eigenvalue weighted by Crippen LogP contribution is 2.34. The standard InChI is InChI=1S/C17H17ClN2O2/c1-11-2-7-15-14(10-11)16(21)8-9-20(15)17(22)19-13-5-3-12(18)4-6-13/h2-7,10,16,21H,8-9H2,1H3,(H,19,22). The van der Waals surface area contributed by atoms with Crippen molar-refractivity contribution in [2.24, 2.45) is 0 Å². The van der Waals surface area contributed by atoms with Crippen LogP contribution in [0.5, 0.6) is 0 Å². The van der Waals surface area contributed by atoms with Gasteiger partial charge in [-0.1, -0.05) is 29.3 Å². The van der Waals surface area contributed by atoms with Crippen LogP contribution in [0.2, 0.25) is 5.02 Å². The van der Waals surface area contributed by atoms with E-state index in [1.54, 1.807) is 29.2 Å². The number of halogens is 1. The third kappa shape index (κ3) is 2.93. The first-order valence-electron chi connectivity index (χ1n) is 7.17. The maximum absolute atomic E-state index is 12.5. The first-order chi connectivity index (χ1) is 10.5. The highest BCUT2D eigenvalue weighted by Gasteiger charge is 2.27. The Morgan fingerprint density at radius 3 is 2.73 bits per heavy atom. The third-order valence-corrected chi connectivity index (χ3v) is 4.05. The lowest BCUT2D eigenvalue weighted by atomic mass is 9.97. The number of nitrogens with one attached hydrogen (secondary N) is 1. The summed E-state index contributed by atoms with van der Waals surface area (Å²) < 4.78 is 0. The second kappa shape index (κ2) is 5.99. The first-order valence-corrected chi connectivity index (χ1v) is 7.55. The Morgan fingerprint density at radius 1 is 1.27 bits per heavy atom. The molecule has 3 rings (SSSR count). The van der Waals surface area contributed by atoms with E-state index >= 15 is 0 Å². The number of hydrogen-bond donors (Lipinski definition) is 2. The predicted molar refractivity (Wildman–Crippen MR) is 88.6 cm³/mol. The molecule has 0 spiro atoms. The van der Waals surface area contributed by atoms with E-state index in [-0.39, 0.29) is 6.03 Å². The van der Waals surface area contributed by atoms with Crippen LogP contribution in [-0.4, -0.2) is 17.7 Å². The number of rotatable bonds is 1. The highest BCUT2D eigenvalue weighted by atomic mass is 35.5. The van der Waals surface area contributed by atoms with Gasteiger partial charge in [0.05, 0.1) is 11.8 Å². The number of aliphatic hydroxyl groups is 1. The smallest absolute Gasteiger partial charge is 0.326 e. The number of carbonyl (C=O) groups is 1. The van der Waals surface area contributed by atoms with Gasteiger partial charge in [-0.3, -0.25) is 4.90 Å². The Kier molecular flexibility index (Phi) is 4.05. The number of nitrogens with zero attached hydrogens (tertiary/aromatic N) is 1. The van der Waals surface area contributed by atoms with E-state index in [2.05, 4.69) is 5.32 Å². The molecule has 2 N–H and O–H groups in total. The van der Waals surface area contributed by atoms with Gasteiger partial charge in [-0.15, -0.1) is 0 Å². The minimum absolute atomic E-state index is 0.209. The summed E-state index contributed by atoms with van der Waals surface area (Å²) in [6.45, 7) is 2.45. The first kappa shape index (κ1) is 14.9. The van der Waals surface area contributed by atoms with Crippen LogP contribution in [0.15, 0.2) is 42.5 Å². The molecule has 2 aromatic rings. The van der Waals surface area contributed by atoms with Crippen molar-refractivity contribution in [1.29, 1.82) is 0 Å². The number of hydrogen-bond acceptors (Lipinski definition) is 2. The minimum atomic E-state index is -0.519. The van der Waals surface area contributed by atoms with Crippen molar-refractivity contribution in [2.75, 3.05) is 16.8 Å². The van der Waals surface area contributed by atoms with E-state index < -0.39 is 6.10 Å². The minimum Gasteiger partial charge on any atom is -0.388 e. The van der Waals surface area contributed by atoms with E-state index in [9.17, 15) is 9.90 Å². The number of benzene rings is 2. The van der Waals surface area contributed by atoms with Crippen molar-refractivity contribution in [3.8, 4) is 0 Å². The number of urea groups is 1. The Bertz CT molecular complexity index is 700. The van der Waals surface area contributed by atoms with Gasteiger partial charge in [0.2, 0.25) is 0 Å². The second-order valence-corrected chi connectivity index (χ2v) is 5.89. The SMILES string of the molecule is Cc1ccc2c(c1)C(O)CCN2C(=O)Nc1ccc(Cl)cc1. The summed E-state index contributed by atoms with van der Waals surface area (Å²) in [6.07, 6.45) is 0.0132.